The summed E-state index contributed by atoms with van der Waals surface area (Å²) in [6.45, 7) is 3.60. The minimum Gasteiger partial charge on any atom is -0.478 e. The Balaban J connectivity index is 1.64. The highest BCUT2D eigenvalue weighted by molar-refractivity contribution is 7.99. The van der Waals surface area contributed by atoms with Crippen LogP contribution in [0.25, 0.3) is 0 Å². The van der Waals surface area contributed by atoms with Crippen LogP contribution in [0, 0.1) is 17.0 Å². The molecule has 2 heterocycles. The fourth-order valence-corrected chi connectivity index (χ4v) is 5.79. The van der Waals surface area contributed by atoms with Gasteiger partial charge in [0, 0.05) is 29.6 Å². The Kier molecular flexibility index (Phi) is 6.75. The maximum atomic E-state index is 13.2. The predicted octanol–water partition coefficient (Wildman–Crippen LogP) is 5.43. The fourth-order valence-electron chi connectivity index (χ4n) is 3.68. The molecule has 1 aliphatic heterocycles. The van der Waals surface area contributed by atoms with Crippen LogP contribution in [0.5, 0.6) is 0 Å². The van der Waals surface area contributed by atoms with E-state index in [1.165, 1.54) is 36.0 Å². The fraction of sp³-hybridized carbons (Fsp3) is 0.261. The summed E-state index contributed by atoms with van der Waals surface area (Å²) in [6, 6.07) is 10.6. The van der Waals surface area contributed by atoms with E-state index in [4.69, 9.17) is 0 Å². The number of benzene rings is 2. The topological polar surface area (TPSA) is 114 Å². The smallest absolute Gasteiger partial charge is 0.336 e. The molecule has 2 aromatic carbocycles. The van der Waals surface area contributed by atoms with Crippen molar-refractivity contribution in [1.82, 2.24) is 4.98 Å². The molecule has 10 heteroatoms. The number of carbonyl (C=O) groups excluding carboxylic acids is 1. The number of aromatic nitrogens is 1. The normalized spacial score (nSPS) is 13.7. The molecule has 0 unspecified atom stereocenters. The molecule has 0 aliphatic carbocycles. The van der Waals surface area contributed by atoms with Gasteiger partial charge in [-0.15, -0.1) is 0 Å². The third-order valence-electron chi connectivity index (χ3n) is 5.37. The molecule has 3 aromatic rings. The Morgan fingerprint density at radius 3 is 2.55 bits per heavy atom. The molecule has 1 fully saturated rings. The van der Waals surface area contributed by atoms with Gasteiger partial charge in [0.2, 0.25) is 5.78 Å². The van der Waals surface area contributed by atoms with Gasteiger partial charge in [-0.05, 0) is 50.5 Å². The summed E-state index contributed by atoms with van der Waals surface area (Å²) in [6.07, 6.45) is 3.38. The van der Waals surface area contributed by atoms with Crippen molar-refractivity contribution in [2.24, 2.45) is 0 Å². The van der Waals surface area contributed by atoms with Crippen LogP contribution in [0.1, 0.15) is 50.5 Å². The minimum absolute atomic E-state index is 0.0578. The first-order chi connectivity index (χ1) is 15.8. The standard InChI is InChI=1S/C23H21N3O5S2/c1-14-21(33-23(24-14)25-11-5-2-6-12-25)20(27)15-9-10-19(17(13-15)26(30)31)32-18-8-4-3-7-16(18)22(28)29/h3-4,7-10,13H,2,5-6,11-12H2,1H3,(H,28,29). The molecule has 170 valence electrons. The number of nitrogens with zero attached hydrogens (tertiary/aromatic N) is 3. The summed E-state index contributed by atoms with van der Waals surface area (Å²) in [5.41, 5.74) is 0.628. The number of hydrogen-bond donors (Lipinski definition) is 1. The molecule has 1 saturated heterocycles. The molecule has 0 atom stereocenters. The van der Waals surface area contributed by atoms with Crippen molar-refractivity contribution >= 4 is 45.7 Å². The Hall–Kier alpha value is -3.24. The molecule has 0 bridgehead atoms. The maximum absolute atomic E-state index is 13.2. The lowest BCUT2D eigenvalue weighted by Crippen LogP contribution is -2.29. The van der Waals surface area contributed by atoms with Gasteiger partial charge in [0.1, 0.15) is 0 Å². The molecule has 0 radical (unpaired) electrons. The van der Waals surface area contributed by atoms with Gasteiger partial charge < -0.3 is 10.0 Å². The quantitative estimate of drug-likeness (QED) is 0.269. The number of nitro benzene ring substituents is 1. The van der Waals surface area contributed by atoms with Gasteiger partial charge >= 0.3 is 5.97 Å². The second-order valence-corrected chi connectivity index (χ2v) is 9.69. The molecule has 8 nitrogen and oxygen atoms in total. The van der Waals surface area contributed by atoms with Crippen molar-refractivity contribution < 1.29 is 19.6 Å². The number of thiazole rings is 1. The Morgan fingerprint density at radius 2 is 1.85 bits per heavy atom. The van der Waals surface area contributed by atoms with Crippen LogP contribution in [0.3, 0.4) is 0 Å². The average molecular weight is 484 g/mol. The third kappa shape index (κ3) is 4.91. The van der Waals surface area contributed by atoms with E-state index < -0.39 is 10.9 Å². The highest BCUT2D eigenvalue weighted by Crippen LogP contribution is 2.38. The van der Waals surface area contributed by atoms with E-state index in [9.17, 15) is 24.8 Å². The molecule has 4 rings (SSSR count). The maximum Gasteiger partial charge on any atom is 0.336 e. The third-order valence-corrected chi connectivity index (χ3v) is 7.73. The summed E-state index contributed by atoms with van der Waals surface area (Å²) in [4.78, 5) is 43.8. The number of ketones is 1. The number of piperidine rings is 1. The minimum atomic E-state index is -1.11. The van der Waals surface area contributed by atoms with Crippen molar-refractivity contribution in [2.75, 3.05) is 18.0 Å². The number of aromatic carboxylic acids is 1. The van der Waals surface area contributed by atoms with E-state index in [1.54, 1.807) is 31.2 Å². The van der Waals surface area contributed by atoms with Crippen LogP contribution in [-0.2, 0) is 0 Å². The molecule has 1 N–H and O–H groups in total. The predicted molar refractivity (Wildman–Crippen MR) is 127 cm³/mol. The highest BCUT2D eigenvalue weighted by Gasteiger charge is 2.25. The lowest BCUT2D eigenvalue weighted by Gasteiger charge is -2.25. The Bertz CT molecular complexity index is 1230. The van der Waals surface area contributed by atoms with Crippen LogP contribution < -0.4 is 4.90 Å². The molecule has 0 amide bonds. The van der Waals surface area contributed by atoms with Gasteiger partial charge in [0.05, 0.1) is 26.0 Å². The number of hydrogen-bond acceptors (Lipinski definition) is 8. The van der Waals surface area contributed by atoms with Gasteiger partial charge in [-0.2, -0.15) is 0 Å². The summed E-state index contributed by atoms with van der Waals surface area (Å²) >= 11 is 2.31. The van der Waals surface area contributed by atoms with Crippen LogP contribution >= 0.6 is 23.1 Å². The van der Waals surface area contributed by atoms with E-state index in [-0.39, 0.29) is 27.5 Å². The van der Waals surface area contributed by atoms with Crippen molar-refractivity contribution in [3.63, 3.8) is 0 Å². The lowest BCUT2D eigenvalue weighted by atomic mass is 10.1. The zero-order chi connectivity index (χ0) is 23.5. The van der Waals surface area contributed by atoms with Crippen molar-refractivity contribution in [3.8, 4) is 0 Å². The van der Waals surface area contributed by atoms with E-state index in [0.717, 1.165) is 42.8 Å². The van der Waals surface area contributed by atoms with E-state index in [2.05, 4.69) is 9.88 Å². The van der Waals surface area contributed by atoms with Crippen molar-refractivity contribution in [1.29, 1.82) is 0 Å². The number of aryl methyl sites for hydroxylation is 1. The van der Waals surface area contributed by atoms with E-state index in [1.807, 2.05) is 0 Å². The Morgan fingerprint density at radius 1 is 1.12 bits per heavy atom. The largest absolute Gasteiger partial charge is 0.478 e. The average Bonchev–Trinajstić information content (AvgIpc) is 3.21. The first-order valence-corrected chi connectivity index (χ1v) is 12.0. The van der Waals surface area contributed by atoms with E-state index >= 15 is 0 Å². The second-order valence-electron chi connectivity index (χ2n) is 7.63. The van der Waals surface area contributed by atoms with Gasteiger partial charge in [-0.1, -0.05) is 35.2 Å². The zero-order valence-electron chi connectivity index (χ0n) is 17.8. The molecule has 1 aromatic heterocycles. The van der Waals surface area contributed by atoms with Gasteiger partial charge in [-0.25, -0.2) is 9.78 Å². The van der Waals surface area contributed by atoms with Gasteiger partial charge in [0.25, 0.3) is 5.69 Å². The Labute approximate surface area is 198 Å². The number of carboxylic acids is 1. The lowest BCUT2D eigenvalue weighted by molar-refractivity contribution is -0.387. The molecule has 1 aliphatic rings. The van der Waals surface area contributed by atoms with Gasteiger partial charge in [0.15, 0.2) is 5.13 Å². The van der Waals surface area contributed by atoms with Crippen LogP contribution in [0.15, 0.2) is 52.3 Å². The molecule has 0 spiro atoms. The monoisotopic (exact) mass is 483 g/mol. The van der Waals surface area contributed by atoms with Crippen molar-refractivity contribution in [3.05, 3.63) is 74.3 Å². The molecule has 33 heavy (non-hydrogen) atoms. The van der Waals surface area contributed by atoms with Crippen molar-refractivity contribution in [2.45, 2.75) is 36.0 Å². The molecular weight excluding hydrogens is 462 g/mol. The van der Waals surface area contributed by atoms with Crippen LogP contribution in [-0.4, -0.2) is 39.9 Å². The number of anilines is 1. The molecular formula is C23H21N3O5S2. The SMILES string of the molecule is Cc1nc(N2CCCCC2)sc1C(=O)c1ccc(Sc2ccccc2C(=O)O)c([N+](=O)[O-])c1. The molecule has 0 saturated carbocycles. The van der Waals surface area contributed by atoms with Gasteiger partial charge in [-0.3, -0.25) is 14.9 Å². The summed E-state index contributed by atoms with van der Waals surface area (Å²) in [5.74, 6) is -1.42. The number of nitro groups is 1. The number of carbonyl (C=O) groups is 2. The van der Waals surface area contributed by atoms with E-state index in [0.29, 0.717) is 15.5 Å². The van der Waals surface area contributed by atoms with Crippen LogP contribution in [0.2, 0.25) is 0 Å². The first kappa shape index (κ1) is 22.9. The zero-order valence-corrected chi connectivity index (χ0v) is 19.4. The van der Waals surface area contributed by atoms with Crippen LogP contribution in [0.4, 0.5) is 10.8 Å². The second kappa shape index (κ2) is 9.72. The summed E-state index contributed by atoms with van der Waals surface area (Å²) in [7, 11) is 0. The summed E-state index contributed by atoms with van der Waals surface area (Å²) < 4.78 is 0. The number of rotatable bonds is 7. The number of carboxylic acid groups (broad SMARTS) is 1. The summed E-state index contributed by atoms with van der Waals surface area (Å²) in [5, 5.41) is 22.0. The highest BCUT2D eigenvalue weighted by atomic mass is 32.2. The first-order valence-electron chi connectivity index (χ1n) is 10.4.